The molecule has 6 heteroatoms. The Balaban J connectivity index is 1.90. The first kappa shape index (κ1) is 12.1. The quantitative estimate of drug-likeness (QED) is 0.847. The van der Waals surface area contributed by atoms with Crippen molar-refractivity contribution < 1.29 is 4.52 Å². The van der Waals surface area contributed by atoms with Crippen molar-refractivity contribution in [1.29, 1.82) is 0 Å². The molecule has 0 radical (unpaired) electrons. The molecule has 0 bridgehead atoms. The van der Waals surface area contributed by atoms with Gasteiger partial charge in [-0.1, -0.05) is 5.16 Å². The molecule has 2 N–H and O–H groups in total. The topological polar surface area (TPSA) is 83.8 Å². The van der Waals surface area contributed by atoms with Crippen LogP contribution in [0.2, 0.25) is 0 Å². The summed E-state index contributed by atoms with van der Waals surface area (Å²) in [6.07, 6.45) is 3.63. The number of hydrogen-bond donors (Lipinski definition) is 2. The third kappa shape index (κ3) is 2.44. The maximum Gasteiger partial charge on any atom is 0.263 e. The first-order chi connectivity index (χ1) is 9.24. The molecule has 0 aromatic carbocycles. The average Bonchev–Trinajstić information content (AvgIpc) is 2.89. The van der Waals surface area contributed by atoms with Crippen LogP contribution in [-0.4, -0.2) is 28.2 Å². The molecular formula is C13H16N4O2. The zero-order valence-electron chi connectivity index (χ0n) is 10.8. The maximum absolute atomic E-state index is 11.9. The van der Waals surface area contributed by atoms with Gasteiger partial charge in [-0.2, -0.15) is 4.98 Å². The minimum absolute atomic E-state index is 0.100. The first-order valence-corrected chi connectivity index (χ1v) is 6.48. The number of rotatable bonds is 2. The highest BCUT2D eigenvalue weighted by atomic mass is 16.5. The Hall–Kier alpha value is -1.95. The van der Waals surface area contributed by atoms with E-state index < -0.39 is 0 Å². The molecule has 6 nitrogen and oxygen atoms in total. The van der Waals surface area contributed by atoms with Gasteiger partial charge in [0, 0.05) is 23.9 Å². The molecule has 1 saturated heterocycles. The predicted octanol–water partition coefficient (Wildman–Crippen LogP) is 1.20. The molecule has 1 fully saturated rings. The third-order valence-electron chi connectivity index (χ3n) is 3.43. The van der Waals surface area contributed by atoms with E-state index in [9.17, 15) is 4.79 Å². The molecule has 1 aliphatic rings. The summed E-state index contributed by atoms with van der Waals surface area (Å²) in [6.45, 7) is 3.78. The van der Waals surface area contributed by atoms with E-state index in [0.29, 0.717) is 23.2 Å². The summed E-state index contributed by atoms with van der Waals surface area (Å²) in [5.74, 6) is 1.33. The van der Waals surface area contributed by atoms with E-state index in [1.807, 2.05) is 6.92 Å². The minimum Gasteiger partial charge on any atom is -0.364 e. The van der Waals surface area contributed by atoms with Crippen LogP contribution in [0.1, 0.15) is 30.3 Å². The van der Waals surface area contributed by atoms with Crippen LogP contribution in [0.3, 0.4) is 0 Å². The lowest BCUT2D eigenvalue weighted by atomic mass is 9.98. The number of nitrogens with zero attached hydrogens (tertiary/aromatic N) is 2. The first-order valence-electron chi connectivity index (χ1n) is 6.48. The van der Waals surface area contributed by atoms with Crippen molar-refractivity contribution in [2.75, 3.05) is 13.1 Å². The van der Waals surface area contributed by atoms with Gasteiger partial charge in [-0.05, 0) is 32.9 Å². The molecule has 1 aliphatic heterocycles. The van der Waals surface area contributed by atoms with Crippen molar-refractivity contribution in [3.05, 3.63) is 34.0 Å². The van der Waals surface area contributed by atoms with Crippen LogP contribution in [0.5, 0.6) is 0 Å². The lowest BCUT2D eigenvalue weighted by molar-refractivity contribution is 0.392. The number of nitrogens with one attached hydrogen (secondary N) is 2. The summed E-state index contributed by atoms with van der Waals surface area (Å²) < 4.78 is 5.22. The Kier molecular flexibility index (Phi) is 3.16. The van der Waals surface area contributed by atoms with Gasteiger partial charge in [0.15, 0.2) is 11.3 Å². The maximum atomic E-state index is 11.9. The van der Waals surface area contributed by atoms with Crippen molar-refractivity contribution in [2.24, 2.45) is 0 Å². The standard InChI is InChI=1S/C13H16N4O2/c1-8-6-11(18)10(7-15-8)13-16-12(17-19-13)9-2-4-14-5-3-9/h6-7,9,14H,2-5H2,1H3,(H,15,18). The number of aromatic amines is 1. The summed E-state index contributed by atoms with van der Waals surface area (Å²) >= 11 is 0. The van der Waals surface area contributed by atoms with Crippen LogP contribution < -0.4 is 10.7 Å². The van der Waals surface area contributed by atoms with Gasteiger partial charge in [-0.15, -0.1) is 0 Å². The monoisotopic (exact) mass is 260 g/mol. The molecule has 2 aromatic rings. The highest BCUT2D eigenvalue weighted by Crippen LogP contribution is 2.24. The molecule has 0 spiro atoms. The summed E-state index contributed by atoms with van der Waals surface area (Å²) in [5.41, 5.74) is 1.14. The molecular weight excluding hydrogens is 244 g/mol. The van der Waals surface area contributed by atoms with E-state index in [4.69, 9.17) is 4.52 Å². The number of piperidine rings is 1. The molecule has 0 amide bonds. The molecule has 0 atom stereocenters. The zero-order valence-corrected chi connectivity index (χ0v) is 10.8. The summed E-state index contributed by atoms with van der Waals surface area (Å²) in [7, 11) is 0. The smallest absolute Gasteiger partial charge is 0.263 e. The molecule has 0 saturated carbocycles. The Morgan fingerprint density at radius 1 is 1.37 bits per heavy atom. The van der Waals surface area contributed by atoms with E-state index in [-0.39, 0.29) is 5.43 Å². The normalized spacial score (nSPS) is 16.7. The summed E-state index contributed by atoms with van der Waals surface area (Å²) in [6, 6.07) is 1.53. The van der Waals surface area contributed by atoms with Gasteiger partial charge in [0.1, 0.15) is 5.56 Å². The lowest BCUT2D eigenvalue weighted by Crippen LogP contribution is -2.27. The van der Waals surface area contributed by atoms with Crippen LogP contribution in [0, 0.1) is 6.92 Å². The van der Waals surface area contributed by atoms with Crippen molar-refractivity contribution >= 4 is 0 Å². The summed E-state index contributed by atoms with van der Waals surface area (Å²) in [4.78, 5) is 19.2. The molecule has 3 heterocycles. The fourth-order valence-corrected chi connectivity index (χ4v) is 2.33. The fraction of sp³-hybridized carbons (Fsp3) is 0.462. The second kappa shape index (κ2) is 4.97. The van der Waals surface area contributed by atoms with Crippen LogP contribution in [0.15, 0.2) is 21.6 Å². The fourth-order valence-electron chi connectivity index (χ4n) is 2.33. The molecule has 3 rings (SSSR count). The molecule has 19 heavy (non-hydrogen) atoms. The van der Waals surface area contributed by atoms with E-state index in [0.717, 1.165) is 31.6 Å². The lowest BCUT2D eigenvalue weighted by Gasteiger charge is -2.18. The number of aryl methyl sites for hydroxylation is 1. The van der Waals surface area contributed by atoms with Gasteiger partial charge in [-0.3, -0.25) is 4.79 Å². The van der Waals surface area contributed by atoms with Gasteiger partial charge >= 0.3 is 0 Å². The van der Waals surface area contributed by atoms with Crippen molar-refractivity contribution in [1.82, 2.24) is 20.4 Å². The highest BCUT2D eigenvalue weighted by molar-refractivity contribution is 5.50. The second-order valence-electron chi connectivity index (χ2n) is 4.88. The van der Waals surface area contributed by atoms with Crippen LogP contribution in [0.4, 0.5) is 0 Å². The largest absolute Gasteiger partial charge is 0.364 e. The predicted molar refractivity (Wildman–Crippen MR) is 69.9 cm³/mol. The number of pyridine rings is 1. The van der Waals surface area contributed by atoms with E-state index in [2.05, 4.69) is 20.4 Å². The van der Waals surface area contributed by atoms with Crippen molar-refractivity contribution in [2.45, 2.75) is 25.7 Å². The van der Waals surface area contributed by atoms with Crippen LogP contribution in [-0.2, 0) is 0 Å². The number of H-pyrrole nitrogens is 1. The van der Waals surface area contributed by atoms with E-state index >= 15 is 0 Å². The Bertz CT molecular complexity index is 626. The Labute approximate surface area is 110 Å². The Morgan fingerprint density at radius 2 is 2.16 bits per heavy atom. The van der Waals surface area contributed by atoms with Crippen molar-refractivity contribution in [3.8, 4) is 11.5 Å². The van der Waals surface area contributed by atoms with E-state index in [1.165, 1.54) is 6.07 Å². The van der Waals surface area contributed by atoms with E-state index in [1.54, 1.807) is 6.20 Å². The highest BCUT2D eigenvalue weighted by Gasteiger charge is 2.21. The number of hydrogen-bond acceptors (Lipinski definition) is 5. The van der Waals surface area contributed by atoms with Gasteiger partial charge in [0.25, 0.3) is 5.89 Å². The summed E-state index contributed by atoms with van der Waals surface area (Å²) in [5, 5.41) is 7.31. The van der Waals surface area contributed by atoms with Gasteiger partial charge in [0.2, 0.25) is 0 Å². The van der Waals surface area contributed by atoms with Gasteiger partial charge < -0.3 is 14.8 Å². The third-order valence-corrected chi connectivity index (χ3v) is 3.43. The molecule has 100 valence electrons. The average molecular weight is 260 g/mol. The minimum atomic E-state index is -0.100. The zero-order chi connectivity index (χ0) is 13.2. The SMILES string of the molecule is Cc1cc(=O)c(-c2nc(C3CCNCC3)no2)c[nH]1. The molecule has 2 aromatic heterocycles. The second-order valence-corrected chi connectivity index (χ2v) is 4.88. The number of aromatic nitrogens is 3. The van der Waals surface area contributed by atoms with Gasteiger partial charge in [-0.25, -0.2) is 0 Å². The van der Waals surface area contributed by atoms with Crippen LogP contribution in [0.25, 0.3) is 11.5 Å². The van der Waals surface area contributed by atoms with Crippen molar-refractivity contribution in [3.63, 3.8) is 0 Å². The Morgan fingerprint density at radius 3 is 2.89 bits per heavy atom. The molecule has 0 aliphatic carbocycles. The molecule has 0 unspecified atom stereocenters. The van der Waals surface area contributed by atoms with Crippen LogP contribution >= 0.6 is 0 Å². The van der Waals surface area contributed by atoms with Gasteiger partial charge in [0.05, 0.1) is 0 Å².